The summed E-state index contributed by atoms with van der Waals surface area (Å²) in [4.78, 5) is 22.9. The molecule has 5 heteroatoms. The molecule has 20 heavy (non-hydrogen) atoms. The van der Waals surface area contributed by atoms with Crippen molar-refractivity contribution in [3.8, 4) is 0 Å². The van der Waals surface area contributed by atoms with E-state index in [1.54, 1.807) is 13.8 Å². The van der Waals surface area contributed by atoms with Crippen LogP contribution < -0.4 is 10.6 Å². The van der Waals surface area contributed by atoms with E-state index in [2.05, 4.69) is 22.8 Å². The maximum atomic E-state index is 11.9. The average molecular weight is 276 g/mol. The zero-order chi connectivity index (χ0) is 14.7. The number of nitrogens with one attached hydrogen (secondary N) is 2. The number of fused-ring (bicyclic) bond motifs is 1. The Bertz CT molecular complexity index is 489. The van der Waals surface area contributed by atoms with Gasteiger partial charge in [-0.1, -0.05) is 38.1 Å². The number of benzene rings is 1. The molecular formula is C15H20N2O3. The van der Waals surface area contributed by atoms with E-state index in [9.17, 15) is 9.59 Å². The van der Waals surface area contributed by atoms with E-state index in [-0.39, 0.29) is 12.0 Å². The lowest BCUT2D eigenvalue weighted by Gasteiger charge is -2.20. The van der Waals surface area contributed by atoms with Crippen LogP contribution in [0.25, 0.3) is 0 Å². The smallest absolute Gasteiger partial charge is 0.326 e. The van der Waals surface area contributed by atoms with Crippen LogP contribution in [0.5, 0.6) is 0 Å². The molecule has 1 aliphatic rings. The summed E-state index contributed by atoms with van der Waals surface area (Å²) in [5.41, 5.74) is 2.49. The molecule has 1 atom stereocenters. The molecule has 0 heterocycles. The molecule has 0 fully saturated rings. The van der Waals surface area contributed by atoms with Crippen LogP contribution >= 0.6 is 0 Å². The minimum atomic E-state index is -1.01. The Hall–Kier alpha value is -2.04. The van der Waals surface area contributed by atoms with Gasteiger partial charge in [0.05, 0.1) is 0 Å². The number of carbonyl (C=O) groups excluding carboxylic acids is 1. The summed E-state index contributed by atoms with van der Waals surface area (Å²) in [5, 5.41) is 14.4. The monoisotopic (exact) mass is 276 g/mol. The molecule has 108 valence electrons. The highest BCUT2D eigenvalue weighted by Crippen LogP contribution is 2.21. The number of carbonyl (C=O) groups is 2. The van der Waals surface area contributed by atoms with Gasteiger partial charge in [-0.2, -0.15) is 0 Å². The van der Waals surface area contributed by atoms with Crippen LogP contribution in [0.4, 0.5) is 4.79 Å². The van der Waals surface area contributed by atoms with Gasteiger partial charge in [0.2, 0.25) is 0 Å². The summed E-state index contributed by atoms with van der Waals surface area (Å²) in [6.45, 7) is 3.54. The van der Waals surface area contributed by atoms with E-state index < -0.39 is 18.0 Å². The van der Waals surface area contributed by atoms with Crippen molar-refractivity contribution in [3.63, 3.8) is 0 Å². The number of amides is 2. The highest BCUT2D eigenvalue weighted by molar-refractivity contribution is 5.82. The number of aliphatic carboxylic acids is 1. The van der Waals surface area contributed by atoms with E-state index in [1.165, 1.54) is 11.1 Å². The van der Waals surface area contributed by atoms with E-state index in [0.717, 1.165) is 12.8 Å². The Balaban J connectivity index is 1.89. The number of rotatable bonds is 4. The standard InChI is InChI=1S/C15H20N2O3/c1-9(2)13(14(18)19)17-15(20)16-12-7-10-5-3-4-6-11(10)8-12/h3-6,9,12-13H,7-8H2,1-2H3,(H,18,19)(H2,16,17,20). The largest absolute Gasteiger partial charge is 0.480 e. The van der Waals surface area contributed by atoms with Crippen molar-refractivity contribution in [1.82, 2.24) is 10.6 Å². The maximum absolute atomic E-state index is 11.9. The lowest BCUT2D eigenvalue weighted by Crippen LogP contribution is -2.51. The summed E-state index contributed by atoms with van der Waals surface area (Å²) < 4.78 is 0. The van der Waals surface area contributed by atoms with Crippen LogP contribution in [0, 0.1) is 5.92 Å². The quantitative estimate of drug-likeness (QED) is 0.781. The zero-order valence-corrected chi connectivity index (χ0v) is 11.7. The molecule has 0 saturated heterocycles. The second-order valence-electron chi connectivity index (χ2n) is 5.55. The van der Waals surface area contributed by atoms with E-state index in [0.29, 0.717) is 0 Å². The SMILES string of the molecule is CC(C)C(NC(=O)NC1Cc2ccccc2C1)C(=O)O. The molecule has 1 aliphatic carbocycles. The summed E-state index contributed by atoms with van der Waals surface area (Å²) >= 11 is 0. The van der Waals surface area contributed by atoms with Gasteiger partial charge in [-0.25, -0.2) is 9.59 Å². The van der Waals surface area contributed by atoms with Crippen molar-refractivity contribution in [3.05, 3.63) is 35.4 Å². The lowest BCUT2D eigenvalue weighted by atomic mass is 10.1. The first-order valence-corrected chi connectivity index (χ1v) is 6.84. The summed E-state index contributed by atoms with van der Waals surface area (Å²) in [5.74, 6) is -1.16. The molecule has 0 radical (unpaired) electrons. The summed E-state index contributed by atoms with van der Waals surface area (Å²) in [7, 11) is 0. The van der Waals surface area contributed by atoms with Crippen molar-refractivity contribution >= 4 is 12.0 Å². The van der Waals surface area contributed by atoms with Gasteiger partial charge in [0.1, 0.15) is 6.04 Å². The van der Waals surface area contributed by atoms with Gasteiger partial charge in [0, 0.05) is 6.04 Å². The third kappa shape index (κ3) is 3.29. The second kappa shape index (κ2) is 5.94. The zero-order valence-electron chi connectivity index (χ0n) is 11.7. The molecule has 1 unspecified atom stereocenters. The Morgan fingerprint density at radius 3 is 2.20 bits per heavy atom. The number of carboxylic acid groups (broad SMARTS) is 1. The topological polar surface area (TPSA) is 78.4 Å². The van der Waals surface area contributed by atoms with Gasteiger partial charge in [-0.15, -0.1) is 0 Å². The fourth-order valence-electron chi connectivity index (χ4n) is 2.54. The fourth-order valence-corrected chi connectivity index (χ4v) is 2.54. The average Bonchev–Trinajstić information content (AvgIpc) is 2.77. The van der Waals surface area contributed by atoms with Crippen molar-refractivity contribution in [2.24, 2.45) is 5.92 Å². The molecular weight excluding hydrogens is 256 g/mol. The van der Waals surface area contributed by atoms with Crippen LogP contribution in [0.1, 0.15) is 25.0 Å². The van der Waals surface area contributed by atoms with Gasteiger partial charge in [0.15, 0.2) is 0 Å². The minimum Gasteiger partial charge on any atom is -0.480 e. The number of urea groups is 1. The van der Waals surface area contributed by atoms with Gasteiger partial charge in [0.25, 0.3) is 0 Å². The van der Waals surface area contributed by atoms with E-state index in [4.69, 9.17) is 5.11 Å². The van der Waals surface area contributed by atoms with Crippen LogP contribution in [-0.2, 0) is 17.6 Å². The first-order chi connectivity index (χ1) is 9.47. The van der Waals surface area contributed by atoms with Crippen LogP contribution in [0.2, 0.25) is 0 Å². The Morgan fingerprint density at radius 2 is 1.75 bits per heavy atom. The minimum absolute atomic E-state index is 0.0361. The molecule has 2 amide bonds. The number of hydrogen-bond acceptors (Lipinski definition) is 2. The molecule has 3 N–H and O–H groups in total. The third-order valence-corrected chi connectivity index (χ3v) is 3.61. The molecule has 0 bridgehead atoms. The fraction of sp³-hybridized carbons (Fsp3) is 0.467. The second-order valence-corrected chi connectivity index (χ2v) is 5.55. The van der Waals surface area contributed by atoms with Crippen LogP contribution in [0.3, 0.4) is 0 Å². The van der Waals surface area contributed by atoms with Gasteiger partial charge in [-0.3, -0.25) is 0 Å². The lowest BCUT2D eigenvalue weighted by molar-refractivity contribution is -0.140. The molecule has 1 aromatic rings. The first kappa shape index (κ1) is 14.4. The normalized spacial score (nSPS) is 15.8. The maximum Gasteiger partial charge on any atom is 0.326 e. The molecule has 0 aliphatic heterocycles. The van der Waals surface area contributed by atoms with Crippen LogP contribution in [-0.4, -0.2) is 29.2 Å². The Morgan fingerprint density at radius 1 is 1.20 bits per heavy atom. The number of carboxylic acids is 1. The number of hydrogen-bond donors (Lipinski definition) is 3. The highest BCUT2D eigenvalue weighted by Gasteiger charge is 2.26. The van der Waals surface area contributed by atoms with Crippen molar-refractivity contribution in [2.45, 2.75) is 38.8 Å². The van der Waals surface area contributed by atoms with Gasteiger partial charge < -0.3 is 15.7 Å². The Labute approximate surface area is 118 Å². The van der Waals surface area contributed by atoms with Crippen molar-refractivity contribution in [2.75, 3.05) is 0 Å². The molecule has 0 saturated carbocycles. The third-order valence-electron chi connectivity index (χ3n) is 3.61. The predicted octanol–water partition coefficient (Wildman–Crippen LogP) is 1.56. The summed E-state index contributed by atoms with van der Waals surface area (Å²) in [6.07, 6.45) is 1.59. The molecule has 2 rings (SSSR count). The molecule has 0 spiro atoms. The molecule has 1 aromatic carbocycles. The highest BCUT2D eigenvalue weighted by atomic mass is 16.4. The van der Waals surface area contributed by atoms with Crippen LogP contribution in [0.15, 0.2) is 24.3 Å². The van der Waals surface area contributed by atoms with Crippen molar-refractivity contribution in [1.29, 1.82) is 0 Å². The summed E-state index contributed by atoms with van der Waals surface area (Å²) in [6, 6.07) is 6.85. The molecule has 0 aromatic heterocycles. The van der Waals surface area contributed by atoms with Gasteiger partial charge >= 0.3 is 12.0 Å². The van der Waals surface area contributed by atoms with E-state index >= 15 is 0 Å². The Kier molecular flexibility index (Phi) is 4.27. The predicted molar refractivity (Wildman–Crippen MR) is 75.6 cm³/mol. The van der Waals surface area contributed by atoms with Crippen molar-refractivity contribution < 1.29 is 14.7 Å². The van der Waals surface area contributed by atoms with E-state index in [1.807, 2.05) is 12.1 Å². The van der Waals surface area contributed by atoms with Gasteiger partial charge in [-0.05, 0) is 29.9 Å². The first-order valence-electron chi connectivity index (χ1n) is 6.84. The molecule has 5 nitrogen and oxygen atoms in total.